The Morgan fingerprint density at radius 3 is 2.42 bits per heavy atom. The predicted molar refractivity (Wildman–Crippen MR) is 151 cm³/mol. The van der Waals surface area contributed by atoms with Crippen LogP contribution in [0.4, 0.5) is 5.69 Å². The quantitative estimate of drug-likeness (QED) is 0.583. The summed E-state index contributed by atoms with van der Waals surface area (Å²) in [5.74, 6) is -1.50. The second-order valence-corrected chi connectivity index (χ2v) is 13.8. The van der Waals surface area contributed by atoms with E-state index in [4.69, 9.17) is 0 Å². The van der Waals surface area contributed by atoms with E-state index in [0.29, 0.717) is 19.5 Å². The van der Waals surface area contributed by atoms with Crippen LogP contribution in [0.1, 0.15) is 38.3 Å². The third kappa shape index (κ3) is 3.94. The molecule has 0 bridgehead atoms. The normalized spacial score (nSPS) is 33.4. The maximum absolute atomic E-state index is 14.7. The molecule has 0 saturated carbocycles. The van der Waals surface area contributed by atoms with Crippen LogP contribution < -0.4 is 4.90 Å². The summed E-state index contributed by atoms with van der Waals surface area (Å²) in [7, 11) is 1.77. The van der Waals surface area contributed by atoms with Crippen LogP contribution in [-0.2, 0) is 14.4 Å². The lowest BCUT2D eigenvalue weighted by atomic mass is 9.74. The van der Waals surface area contributed by atoms with Crippen molar-refractivity contribution in [3.63, 3.8) is 0 Å². The van der Waals surface area contributed by atoms with Crippen molar-refractivity contribution in [2.24, 2.45) is 17.8 Å². The molecule has 3 amide bonds. The maximum Gasteiger partial charge on any atom is 0.251 e. The van der Waals surface area contributed by atoms with Gasteiger partial charge in [-0.3, -0.25) is 14.4 Å². The number of carbonyl (C=O) groups is 3. The molecule has 0 radical (unpaired) electrons. The van der Waals surface area contributed by atoms with E-state index in [0.717, 1.165) is 16.8 Å². The molecular weight excluding hydrogens is 498 g/mol. The Balaban J connectivity index is 1.70. The summed E-state index contributed by atoms with van der Waals surface area (Å²) < 4.78 is -1.54. The van der Waals surface area contributed by atoms with Gasteiger partial charge in [-0.2, -0.15) is 0 Å². The van der Waals surface area contributed by atoms with E-state index in [9.17, 15) is 19.5 Å². The number of nitrogens with zero attached hydrogens (tertiary/aromatic N) is 3. The Morgan fingerprint density at radius 2 is 1.74 bits per heavy atom. The lowest BCUT2D eigenvalue weighted by Crippen LogP contribution is -2.57. The van der Waals surface area contributed by atoms with Crippen molar-refractivity contribution in [2.45, 2.75) is 62.6 Å². The summed E-state index contributed by atoms with van der Waals surface area (Å²) in [5.41, 5.74) is 2.86. The zero-order chi connectivity index (χ0) is 27.6. The average molecular weight is 538 g/mol. The number of fused-ring (bicyclic) bond motifs is 2. The summed E-state index contributed by atoms with van der Waals surface area (Å²) in [6, 6.07) is 4.73. The number of hydrogen-bond acceptors (Lipinski definition) is 5. The number of likely N-dealkylation sites (N-methyl/N-ethyl adjacent to an activating group) is 1. The van der Waals surface area contributed by atoms with Crippen LogP contribution in [-0.4, -0.2) is 80.9 Å². The van der Waals surface area contributed by atoms with Gasteiger partial charge >= 0.3 is 0 Å². The smallest absolute Gasteiger partial charge is 0.251 e. The van der Waals surface area contributed by atoms with E-state index >= 15 is 0 Å². The molecule has 1 aromatic rings. The number of amides is 3. The Hall–Kier alpha value is -2.58. The summed E-state index contributed by atoms with van der Waals surface area (Å²) >= 11 is 1.58. The average Bonchev–Trinajstić information content (AvgIpc) is 3.14. The highest BCUT2D eigenvalue weighted by Gasteiger charge is 2.74. The van der Waals surface area contributed by atoms with Gasteiger partial charge in [-0.05, 0) is 50.3 Å². The fourth-order valence-electron chi connectivity index (χ4n) is 7.02. The number of aliphatic hydroxyl groups excluding tert-OH is 1. The Labute approximate surface area is 229 Å². The van der Waals surface area contributed by atoms with Gasteiger partial charge in [0.15, 0.2) is 0 Å². The van der Waals surface area contributed by atoms with Gasteiger partial charge < -0.3 is 19.8 Å². The largest absolute Gasteiger partial charge is 0.394 e. The number of benzene rings is 1. The Bertz CT molecular complexity index is 1230. The minimum atomic E-state index is -0.914. The van der Waals surface area contributed by atoms with Gasteiger partial charge in [-0.1, -0.05) is 50.3 Å². The summed E-state index contributed by atoms with van der Waals surface area (Å²) in [5, 5.41) is 10.5. The second kappa shape index (κ2) is 9.56. The van der Waals surface area contributed by atoms with Crippen LogP contribution in [0.25, 0.3) is 0 Å². The molecule has 5 rings (SSSR count). The van der Waals surface area contributed by atoms with E-state index in [2.05, 4.69) is 19.9 Å². The molecule has 4 aliphatic heterocycles. The highest BCUT2D eigenvalue weighted by atomic mass is 32.2. The van der Waals surface area contributed by atoms with Crippen molar-refractivity contribution in [1.82, 2.24) is 9.80 Å². The summed E-state index contributed by atoms with van der Waals surface area (Å²) in [6.07, 6.45) is 8.68. The van der Waals surface area contributed by atoms with Gasteiger partial charge in [-0.25, -0.2) is 0 Å². The van der Waals surface area contributed by atoms with Crippen molar-refractivity contribution >= 4 is 35.2 Å². The Morgan fingerprint density at radius 1 is 1.03 bits per heavy atom. The number of likely N-dealkylation sites (tertiary alicyclic amines) is 1. The number of aliphatic hydroxyl groups is 1. The van der Waals surface area contributed by atoms with Crippen molar-refractivity contribution in [2.75, 3.05) is 31.6 Å². The van der Waals surface area contributed by atoms with E-state index in [1.807, 2.05) is 57.2 Å². The van der Waals surface area contributed by atoms with Gasteiger partial charge in [0.1, 0.15) is 6.04 Å². The molecule has 4 heterocycles. The lowest BCUT2D eigenvalue weighted by Gasteiger charge is -2.40. The van der Waals surface area contributed by atoms with Gasteiger partial charge in [0.2, 0.25) is 11.8 Å². The monoisotopic (exact) mass is 537 g/mol. The highest BCUT2D eigenvalue weighted by molar-refractivity contribution is 8.02. The second-order valence-electron chi connectivity index (χ2n) is 12.0. The third-order valence-corrected chi connectivity index (χ3v) is 10.5. The van der Waals surface area contributed by atoms with Crippen LogP contribution in [0.2, 0.25) is 0 Å². The van der Waals surface area contributed by atoms with Crippen LogP contribution in [0.3, 0.4) is 0 Å². The standard InChI is InChI=1S/C30H39N3O4S/c1-18(2)15-21(17-34)33-25-28(37)32(22-16-19(3)9-10-20(22)4)14-8-12-30(25)24(27(33)36)23-26(35)31(6)13-7-11-29(23,5)38-30/h7-12,16,18,21,23-25,34H,13-15,17H2,1-6H3/t21-,23-,24+,25?,29+,30+/m1/s1. The molecule has 0 aliphatic carbocycles. The number of hydrogen-bond donors (Lipinski definition) is 1. The first-order valence-corrected chi connectivity index (χ1v) is 14.4. The molecule has 6 atom stereocenters. The highest BCUT2D eigenvalue weighted by Crippen LogP contribution is 2.66. The lowest BCUT2D eigenvalue weighted by molar-refractivity contribution is -0.145. The Kier molecular flexibility index (Phi) is 6.79. The zero-order valence-electron chi connectivity index (χ0n) is 23.2. The predicted octanol–water partition coefficient (Wildman–Crippen LogP) is 3.33. The topological polar surface area (TPSA) is 81.2 Å². The first kappa shape index (κ1) is 27.0. The molecule has 7 nitrogen and oxygen atoms in total. The number of aryl methyl sites for hydroxylation is 2. The van der Waals surface area contributed by atoms with E-state index in [1.165, 1.54) is 0 Å². The SMILES string of the molecule is Cc1ccc(C)c(N2CC=C[C@]34S[C@@]5(C)C=CCN(C)C(=O)[C@H]5[C@H]3C(=O)N([C@@H](CO)CC(C)C)C4C2=O)c1. The van der Waals surface area contributed by atoms with Gasteiger partial charge in [0.05, 0.1) is 29.2 Å². The number of carbonyl (C=O) groups excluding carboxylic acids is 3. The van der Waals surface area contributed by atoms with Gasteiger partial charge in [0, 0.05) is 30.6 Å². The van der Waals surface area contributed by atoms with Crippen molar-refractivity contribution in [1.29, 1.82) is 0 Å². The minimum absolute atomic E-state index is 0.0679. The molecule has 1 aromatic carbocycles. The van der Waals surface area contributed by atoms with Crippen LogP contribution >= 0.6 is 11.8 Å². The first-order chi connectivity index (χ1) is 17.9. The molecule has 38 heavy (non-hydrogen) atoms. The molecule has 2 fully saturated rings. The third-order valence-electron chi connectivity index (χ3n) is 8.70. The molecular formula is C30H39N3O4S. The minimum Gasteiger partial charge on any atom is -0.394 e. The van der Waals surface area contributed by atoms with Gasteiger partial charge in [-0.15, -0.1) is 11.8 Å². The van der Waals surface area contributed by atoms with Crippen molar-refractivity contribution in [3.05, 3.63) is 53.6 Å². The van der Waals surface area contributed by atoms with Crippen LogP contribution in [0.5, 0.6) is 0 Å². The summed E-state index contributed by atoms with van der Waals surface area (Å²) in [6.45, 7) is 10.8. The molecule has 4 aliphatic rings. The molecule has 1 spiro atoms. The van der Waals surface area contributed by atoms with Crippen LogP contribution in [0.15, 0.2) is 42.5 Å². The molecule has 0 aromatic heterocycles. The number of rotatable bonds is 5. The molecule has 8 heteroatoms. The zero-order valence-corrected chi connectivity index (χ0v) is 24.0. The number of thioether (sulfide) groups is 1. The maximum atomic E-state index is 14.7. The van der Waals surface area contributed by atoms with Crippen LogP contribution in [0, 0.1) is 31.6 Å². The first-order valence-electron chi connectivity index (χ1n) is 13.6. The summed E-state index contributed by atoms with van der Waals surface area (Å²) in [4.78, 5) is 48.1. The van der Waals surface area contributed by atoms with E-state index in [1.54, 1.807) is 33.5 Å². The molecule has 204 valence electrons. The molecule has 1 N–H and O–H groups in total. The fraction of sp³-hybridized carbons (Fsp3) is 0.567. The van der Waals surface area contributed by atoms with Crippen molar-refractivity contribution < 1.29 is 19.5 Å². The van der Waals surface area contributed by atoms with Crippen molar-refractivity contribution in [3.8, 4) is 0 Å². The van der Waals surface area contributed by atoms with E-state index < -0.39 is 33.4 Å². The fourth-order valence-corrected chi connectivity index (χ4v) is 9.17. The molecule has 2 saturated heterocycles. The number of anilines is 1. The van der Waals surface area contributed by atoms with Gasteiger partial charge in [0.25, 0.3) is 5.91 Å². The van der Waals surface area contributed by atoms with E-state index in [-0.39, 0.29) is 30.2 Å². The molecule has 1 unspecified atom stereocenters.